The number of hydrogen-bond donors (Lipinski definition) is 1. The van der Waals surface area contributed by atoms with Gasteiger partial charge in [-0.2, -0.15) is 5.10 Å². The van der Waals surface area contributed by atoms with E-state index in [1.807, 2.05) is 17.5 Å². The molecule has 5 heteroatoms. The second kappa shape index (κ2) is 6.64. The number of benzene rings is 2. The van der Waals surface area contributed by atoms with Gasteiger partial charge in [0.25, 0.3) is 0 Å². The number of carboxylic acid groups (broad SMARTS) is 1. The van der Waals surface area contributed by atoms with E-state index in [9.17, 15) is 9.90 Å². The molecule has 0 amide bonds. The van der Waals surface area contributed by atoms with Gasteiger partial charge in [-0.15, -0.1) is 0 Å². The maximum atomic E-state index is 12.1. The zero-order valence-corrected chi connectivity index (χ0v) is 18.7. The number of hydrogen-bond acceptors (Lipinski definition) is 3. The summed E-state index contributed by atoms with van der Waals surface area (Å²) in [5.74, 6) is -1.56. The summed E-state index contributed by atoms with van der Waals surface area (Å²) in [6.45, 7) is 10.0. The van der Waals surface area contributed by atoms with Crippen LogP contribution >= 0.6 is 0 Å². The molecule has 1 aliphatic carbocycles. The minimum Gasteiger partial charge on any atom is -0.481 e. The predicted molar refractivity (Wildman–Crippen MR) is 123 cm³/mol. The molecule has 2 aromatic heterocycles. The summed E-state index contributed by atoms with van der Waals surface area (Å²) < 4.78 is 1.86. The van der Waals surface area contributed by atoms with Crippen molar-refractivity contribution in [1.29, 1.82) is 0 Å². The van der Waals surface area contributed by atoms with Crippen LogP contribution in [0.5, 0.6) is 0 Å². The number of aliphatic carboxylic acids is 1. The molecule has 158 valence electrons. The first-order chi connectivity index (χ1) is 14.7. The second-order valence-corrected chi connectivity index (χ2v) is 9.68. The van der Waals surface area contributed by atoms with Crippen LogP contribution in [0.3, 0.4) is 0 Å². The van der Waals surface area contributed by atoms with Crippen LogP contribution in [0, 0.1) is 6.92 Å². The average Bonchev–Trinajstić information content (AvgIpc) is 3.32. The number of carboxylic acids is 1. The SMILES string of the molecule is Cc1nc2cc(C(C)(C)C)nn2c(-c2ccc3c4c(cccc24)CC3)c1C(C)C(=O)O. The van der Waals surface area contributed by atoms with Gasteiger partial charge in [0.1, 0.15) is 0 Å². The zero-order valence-electron chi connectivity index (χ0n) is 18.7. The van der Waals surface area contributed by atoms with Gasteiger partial charge in [-0.3, -0.25) is 4.79 Å². The fourth-order valence-corrected chi connectivity index (χ4v) is 4.85. The Labute approximate surface area is 181 Å². The molecule has 31 heavy (non-hydrogen) atoms. The van der Waals surface area contributed by atoms with Gasteiger partial charge in [0.15, 0.2) is 5.65 Å². The molecule has 2 aromatic carbocycles. The fourth-order valence-electron chi connectivity index (χ4n) is 4.85. The summed E-state index contributed by atoms with van der Waals surface area (Å²) in [6.07, 6.45) is 2.10. The molecule has 1 atom stereocenters. The Balaban J connectivity index is 1.94. The molecular weight excluding hydrogens is 386 g/mol. The molecule has 2 heterocycles. The van der Waals surface area contributed by atoms with E-state index in [-0.39, 0.29) is 5.41 Å². The van der Waals surface area contributed by atoms with Crippen molar-refractivity contribution in [3.05, 3.63) is 64.5 Å². The van der Waals surface area contributed by atoms with E-state index in [1.165, 1.54) is 16.5 Å². The number of nitrogens with zero attached hydrogens (tertiary/aromatic N) is 3. The van der Waals surface area contributed by atoms with Crippen LogP contribution in [0.25, 0.3) is 27.7 Å². The van der Waals surface area contributed by atoms with Crippen molar-refractivity contribution in [3.8, 4) is 11.3 Å². The highest BCUT2D eigenvalue weighted by atomic mass is 16.4. The Bertz CT molecular complexity index is 1370. The van der Waals surface area contributed by atoms with Gasteiger partial charge in [-0.25, -0.2) is 9.50 Å². The molecule has 5 rings (SSSR count). The van der Waals surface area contributed by atoms with Gasteiger partial charge < -0.3 is 5.11 Å². The van der Waals surface area contributed by atoms with Crippen LogP contribution in [-0.2, 0) is 23.1 Å². The third-order valence-electron chi connectivity index (χ3n) is 6.53. The second-order valence-electron chi connectivity index (χ2n) is 9.68. The molecule has 5 nitrogen and oxygen atoms in total. The van der Waals surface area contributed by atoms with Crippen molar-refractivity contribution in [3.63, 3.8) is 0 Å². The van der Waals surface area contributed by atoms with Crippen LogP contribution in [-0.4, -0.2) is 25.7 Å². The lowest BCUT2D eigenvalue weighted by Crippen LogP contribution is -2.15. The summed E-state index contributed by atoms with van der Waals surface area (Å²) >= 11 is 0. The van der Waals surface area contributed by atoms with Gasteiger partial charge >= 0.3 is 5.97 Å². The van der Waals surface area contributed by atoms with Crippen LogP contribution in [0.1, 0.15) is 61.7 Å². The lowest BCUT2D eigenvalue weighted by Gasteiger charge is -2.19. The molecule has 1 aliphatic rings. The first kappa shape index (κ1) is 19.7. The number of rotatable bonds is 3. The summed E-state index contributed by atoms with van der Waals surface area (Å²) in [4.78, 5) is 16.8. The summed E-state index contributed by atoms with van der Waals surface area (Å²) in [7, 11) is 0. The fraction of sp³-hybridized carbons (Fsp3) is 0.346. The molecule has 0 aliphatic heterocycles. The largest absolute Gasteiger partial charge is 0.481 e. The monoisotopic (exact) mass is 413 g/mol. The van der Waals surface area contributed by atoms with E-state index in [4.69, 9.17) is 10.1 Å². The molecule has 1 unspecified atom stereocenters. The van der Waals surface area contributed by atoms with Crippen LogP contribution in [0.2, 0.25) is 0 Å². The van der Waals surface area contributed by atoms with E-state index in [0.29, 0.717) is 0 Å². The molecule has 0 spiro atoms. The number of aryl methyl sites for hydroxylation is 3. The average molecular weight is 414 g/mol. The maximum Gasteiger partial charge on any atom is 0.310 e. The third kappa shape index (κ3) is 2.94. The summed E-state index contributed by atoms with van der Waals surface area (Å²) in [5, 5.41) is 17.3. The van der Waals surface area contributed by atoms with E-state index >= 15 is 0 Å². The topological polar surface area (TPSA) is 67.5 Å². The predicted octanol–water partition coefficient (Wildman–Crippen LogP) is 5.44. The number of fused-ring (bicyclic) bond motifs is 1. The van der Waals surface area contributed by atoms with Crippen LogP contribution in [0.4, 0.5) is 0 Å². The molecular formula is C26H27N3O2. The Morgan fingerprint density at radius 3 is 2.52 bits per heavy atom. The molecule has 0 saturated heterocycles. The molecule has 0 saturated carbocycles. The maximum absolute atomic E-state index is 12.1. The standard InChI is InChI=1S/C26H27N3O2/c1-14(25(30)31)22-15(2)27-21-13-20(26(3,4)5)28-29(21)24(22)19-12-11-17-10-9-16-7-6-8-18(19)23(16)17/h6-8,11-14H,9-10H2,1-5H3,(H,30,31). The van der Waals surface area contributed by atoms with Crippen molar-refractivity contribution in [1.82, 2.24) is 14.6 Å². The molecule has 4 aromatic rings. The van der Waals surface area contributed by atoms with Crippen molar-refractivity contribution in [2.24, 2.45) is 0 Å². The van der Waals surface area contributed by atoms with Crippen LogP contribution in [0.15, 0.2) is 36.4 Å². The smallest absolute Gasteiger partial charge is 0.310 e. The number of aromatic nitrogens is 3. The molecule has 0 bridgehead atoms. The summed E-state index contributed by atoms with van der Waals surface area (Å²) in [5.41, 5.74) is 7.59. The Morgan fingerprint density at radius 2 is 1.84 bits per heavy atom. The van der Waals surface area contributed by atoms with Crippen molar-refractivity contribution < 1.29 is 9.90 Å². The normalized spacial score (nSPS) is 14.5. The van der Waals surface area contributed by atoms with Gasteiger partial charge in [0, 0.05) is 28.3 Å². The lowest BCUT2D eigenvalue weighted by molar-refractivity contribution is -0.138. The van der Waals surface area contributed by atoms with Gasteiger partial charge in [-0.05, 0) is 48.6 Å². The van der Waals surface area contributed by atoms with Crippen molar-refractivity contribution >= 4 is 22.4 Å². The van der Waals surface area contributed by atoms with E-state index in [2.05, 4.69) is 51.1 Å². The minimum atomic E-state index is -0.861. The Kier molecular flexibility index (Phi) is 4.23. The van der Waals surface area contributed by atoms with E-state index in [1.54, 1.807) is 6.92 Å². The van der Waals surface area contributed by atoms with Gasteiger partial charge in [-0.1, -0.05) is 51.1 Å². The highest BCUT2D eigenvalue weighted by Crippen LogP contribution is 2.40. The van der Waals surface area contributed by atoms with Gasteiger partial charge in [0.2, 0.25) is 0 Å². The third-order valence-corrected chi connectivity index (χ3v) is 6.53. The first-order valence-electron chi connectivity index (χ1n) is 10.8. The quantitative estimate of drug-likeness (QED) is 0.485. The first-order valence-corrected chi connectivity index (χ1v) is 10.8. The van der Waals surface area contributed by atoms with Crippen LogP contribution < -0.4 is 0 Å². The minimum absolute atomic E-state index is 0.139. The number of carbonyl (C=O) groups is 1. The van der Waals surface area contributed by atoms with E-state index < -0.39 is 11.9 Å². The Morgan fingerprint density at radius 1 is 1.13 bits per heavy atom. The van der Waals surface area contributed by atoms with Crippen molar-refractivity contribution in [2.45, 2.75) is 58.8 Å². The lowest BCUT2D eigenvalue weighted by atomic mass is 9.90. The van der Waals surface area contributed by atoms with Gasteiger partial charge in [0.05, 0.1) is 17.3 Å². The molecule has 0 radical (unpaired) electrons. The highest BCUT2D eigenvalue weighted by Gasteiger charge is 2.28. The zero-order chi connectivity index (χ0) is 22.1. The highest BCUT2D eigenvalue weighted by molar-refractivity contribution is 6.02. The Hall–Kier alpha value is -3.21. The molecule has 0 fully saturated rings. The molecule has 1 N–H and O–H groups in total. The van der Waals surface area contributed by atoms with E-state index in [0.717, 1.165) is 52.1 Å². The van der Waals surface area contributed by atoms with Crippen molar-refractivity contribution in [2.75, 3.05) is 0 Å². The summed E-state index contributed by atoms with van der Waals surface area (Å²) in [6, 6.07) is 12.8.